The minimum absolute atomic E-state index is 0.0194. The molecule has 0 aliphatic carbocycles. The minimum Gasteiger partial charge on any atom is -0.382 e. The molecule has 0 unspecified atom stereocenters. The largest absolute Gasteiger partial charge is 0.382 e. The fourth-order valence-electron chi connectivity index (χ4n) is 1.01. The van der Waals surface area contributed by atoms with Gasteiger partial charge >= 0.3 is 0 Å². The minimum atomic E-state index is -0.0194. The number of nitrogens with two attached hydrogens (primary N) is 1. The Bertz CT molecular complexity index is 153. The average Bonchev–Trinajstić information content (AvgIpc) is 2.20. The lowest BCUT2D eigenvalue weighted by Gasteiger charge is -2.19. The third-order valence-electron chi connectivity index (χ3n) is 1.79. The summed E-state index contributed by atoms with van der Waals surface area (Å²) in [4.78, 5) is 13.1. The molecule has 0 aromatic carbocycles. The molecular formula is C9H20N2O3. The summed E-state index contributed by atoms with van der Waals surface area (Å²) in [5.41, 5.74) is 5.36. The topological polar surface area (TPSA) is 64.8 Å². The standard InChI is InChI=1S/C9H20N2O3/c1-3-11(5-4-10)9(12)8-14-7-6-13-2/h3-8,10H2,1-2H3. The van der Waals surface area contributed by atoms with Gasteiger partial charge < -0.3 is 20.1 Å². The van der Waals surface area contributed by atoms with Crippen molar-refractivity contribution in [2.24, 2.45) is 5.73 Å². The van der Waals surface area contributed by atoms with E-state index in [4.69, 9.17) is 15.2 Å². The van der Waals surface area contributed by atoms with Gasteiger partial charge in [0.1, 0.15) is 6.61 Å². The Kier molecular flexibility index (Phi) is 8.51. The van der Waals surface area contributed by atoms with Crippen LogP contribution in [-0.2, 0) is 14.3 Å². The van der Waals surface area contributed by atoms with Crippen LogP contribution < -0.4 is 5.73 Å². The van der Waals surface area contributed by atoms with Crippen LogP contribution in [0.25, 0.3) is 0 Å². The Hall–Kier alpha value is -0.650. The van der Waals surface area contributed by atoms with Crippen molar-refractivity contribution in [1.82, 2.24) is 4.90 Å². The molecule has 0 rings (SSSR count). The number of nitrogens with zero attached hydrogens (tertiary/aromatic N) is 1. The first kappa shape index (κ1) is 13.4. The number of ether oxygens (including phenoxy) is 2. The van der Waals surface area contributed by atoms with Crippen LogP contribution >= 0.6 is 0 Å². The van der Waals surface area contributed by atoms with Crippen LogP contribution in [0.1, 0.15) is 6.92 Å². The fourth-order valence-corrected chi connectivity index (χ4v) is 1.01. The summed E-state index contributed by atoms with van der Waals surface area (Å²) in [7, 11) is 1.60. The summed E-state index contributed by atoms with van der Waals surface area (Å²) in [5, 5.41) is 0. The van der Waals surface area contributed by atoms with Crippen molar-refractivity contribution in [3.8, 4) is 0 Å². The lowest BCUT2D eigenvalue weighted by atomic mass is 10.4. The van der Waals surface area contributed by atoms with Gasteiger partial charge in [0, 0.05) is 26.7 Å². The molecule has 0 saturated carbocycles. The highest BCUT2D eigenvalue weighted by atomic mass is 16.5. The molecule has 1 amide bonds. The first-order valence-corrected chi connectivity index (χ1v) is 4.80. The predicted molar refractivity (Wildman–Crippen MR) is 54.0 cm³/mol. The Morgan fingerprint density at radius 2 is 2.14 bits per heavy atom. The number of hydrogen-bond donors (Lipinski definition) is 1. The third-order valence-corrected chi connectivity index (χ3v) is 1.79. The Morgan fingerprint density at radius 1 is 1.43 bits per heavy atom. The van der Waals surface area contributed by atoms with E-state index in [1.165, 1.54) is 0 Å². The van der Waals surface area contributed by atoms with Crippen molar-refractivity contribution in [3.05, 3.63) is 0 Å². The zero-order valence-electron chi connectivity index (χ0n) is 8.99. The maximum Gasteiger partial charge on any atom is 0.248 e. The Balaban J connectivity index is 3.58. The number of hydrogen-bond acceptors (Lipinski definition) is 4. The summed E-state index contributed by atoms with van der Waals surface area (Å²) in [6.07, 6.45) is 0. The summed E-state index contributed by atoms with van der Waals surface area (Å²) < 4.78 is 9.90. The number of carbonyl (C=O) groups excluding carboxylic acids is 1. The van der Waals surface area contributed by atoms with Crippen molar-refractivity contribution in [2.45, 2.75) is 6.92 Å². The fraction of sp³-hybridized carbons (Fsp3) is 0.889. The van der Waals surface area contributed by atoms with Crippen LogP contribution in [0.15, 0.2) is 0 Å². The van der Waals surface area contributed by atoms with Crippen molar-refractivity contribution in [1.29, 1.82) is 0 Å². The lowest BCUT2D eigenvalue weighted by Crippen LogP contribution is -2.37. The molecule has 0 aromatic rings. The number of likely N-dealkylation sites (N-methyl/N-ethyl adjacent to an activating group) is 1. The van der Waals surface area contributed by atoms with E-state index in [-0.39, 0.29) is 12.5 Å². The van der Waals surface area contributed by atoms with Gasteiger partial charge in [0.15, 0.2) is 0 Å². The molecule has 14 heavy (non-hydrogen) atoms. The van der Waals surface area contributed by atoms with Gasteiger partial charge in [0.25, 0.3) is 0 Å². The van der Waals surface area contributed by atoms with Crippen molar-refractivity contribution < 1.29 is 14.3 Å². The monoisotopic (exact) mass is 204 g/mol. The molecule has 0 saturated heterocycles. The van der Waals surface area contributed by atoms with E-state index >= 15 is 0 Å². The third kappa shape index (κ3) is 5.90. The maximum absolute atomic E-state index is 11.4. The van der Waals surface area contributed by atoms with Crippen LogP contribution in [0.3, 0.4) is 0 Å². The van der Waals surface area contributed by atoms with Crippen molar-refractivity contribution in [2.75, 3.05) is 46.6 Å². The zero-order chi connectivity index (χ0) is 10.8. The molecule has 0 aromatic heterocycles. The lowest BCUT2D eigenvalue weighted by molar-refractivity contribution is -0.136. The molecule has 84 valence electrons. The molecule has 0 bridgehead atoms. The first-order valence-electron chi connectivity index (χ1n) is 4.80. The molecule has 2 N–H and O–H groups in total. The maximum atomic E-state index is 11.4. The summed E-state index contributed by atoms with van der Waals surface area (Å²) >= 11 is 0. The van der Waals surface area contributed by atoms with Gasteiger partial charge in [-0.15, -0.1) is 0 Å². The number of carbonyl (C=O) groups is 1. The van der Waals surface area contributed by atoms with E-state index < -0.39 is 0 Å². The van der Waals surface area contributed by atoms with Gasteiger partial charge in [-0.25, -0.2) is 0 Å². The van der Waals surface area contributed by atoms with E-state index in [0.29, 0.717) is 32.8 Å². The van der Waals surface area contributed by atoms with Gasteiger partial charge in [-0.05, 0) is 6.92 Å². The van der Waals surface area contributed by atoms with E-state index in [0.717, 1.165) is 0 Å². The SMILES string of the molecule is CCN(CCN)C(=O)COCCOC. The molecule has 0 aliphatic rings. The number of amides is 1. The quantitative estimate of drug-likeness (QED) is 0.539. The van der Waals surface area contributed by atoms with Gasteiger partial charge in [-0.3, -0.25) is 4.79 Å². The smallest absolute Gasteiger partial charge is 0.248 e. The van der Waals surface area contributed by atoms with E-state index in [9.17, 15) is 4.79 Å². The molecular weight excluding hydrogens is 184 g/mol. The van der Waals surface area contributed by atoms with Gasteiger partial charge in [0.05, 0.1) is 13.2 Å². The number of rotatable bonds is 8. The molecule has 0 atom stereocenters. The highest BCUT2D eigenvalue weighted by Crippen LogP contribution is 1.89. The zero-order valence-corrected chi connectivity index (χ0v) is 8.99. The van der Waals surface area contributed by atoms with Gasteiger partial charge in [-0.1, -0.05) is 0 Å². The summed E-state index contributed by atoms with van der Waals surface area (Å²) in [5.74, 6) is -0.0194. The van der Waals surface area contributed by atoms with Gasteiger partial charge in [0.2, 0.25) is 5.91 Å². The van der Waals surface area contributed by atoms with Crippen molar-refractivity contribution in [3.63, 3.8) is 0 Å². The molecule has 0 fully saturated rings. The average molecular weight is 204 g/mol. The molecule has 5 heteroatoms. The van der Waals surface area contributed by atoms with Crippen LogP contribution in [0, 0.1) is 0 Å². The van der Waals surface area contributed by atoms with Crippen molar-refractivity contribution >= 4 is 5.91 Å². The summed E-state index contributed by atoms with van der Waals surface area (Å²) in [6, 6.07) is 0. The van der Waals surface area contributed by atoms with E-state index in [2.05, 4.69) is 0 Å². The molecule has 0 aliphatic heterocycles. The number of methoxy groups -OCH3 is 1. The molecule has 0 heterocycles. The van der Waals surface area contributed by atoms with E-state index in [1.807, 2.05) is 6.92 Å². The van der Waals surface area contributed by atoms with Crippen LogP contribution in [-0.4, -0.2) is 57.4 Å². The Labute approximate surface area is 85.1 Å². The second-order valence-corrected chi connectivity index (χ2v) is 2.81. The van der Waals surface area contributed by atoms with Crippen LogP contribution in [0.4, 0.5) is 0 Å². The Morgan fingerprint density at radius 3 is 2.64 bits per heavy atom. The van der Waals surface area contributed by atoms with E-state index in [1.54, 1.807) is 12.0 Å². The van der Waals surface area contributed by atoms with Crippen LogP contribution in [0.2, 0.25) is 0 Å². The highest BCUT2D eigenvalue weighted by Gasteiger charge is 2.09. The van der Waals surface area contributed by atoms with Crippen LogP contribution in [0.5, 0.6) is 0 Å². The molecule has 0 radical (unpaired) electrons. The predicted octanol–water partition coefficient (Wildman–Crippen LogP) is -0.543. The first-order chi connectivity index (χ1) is 6.76. The molecule has 5 nitrogen and oxygen atoms in total. The van der Waals surface area contributed by atoms with Gasteiger partial charge in [-0.2, -0.15) is 0 Å². The highest BCUT2D eigenvalue weighted by molar-refractivity contribution is 5.77. The summed E-state index contributed by atoms with van der Waals surface area (Å²) in [6.45, 7) is 4.73. The second-order valence-electron chi connectivity index (χ2n) is 2.81. The second kappa shape index (κ2) is 8.93. The normalized spacial score (nSPS) is 10.2. The molecule has 0 spiro atoms.